The number of anilines is 1. The van der Waals surface area contributed by atoms with Gasteiger partial charge in [-0.2, -0.15) is 0 Å². The summed E-state index contributed by atoms with van der Waals surface area (Å²) < 4.78 is 10.7. The van der Waals surface area contributed by atoms with Crippen LogP contribution in [0.15, 0.2) is 48.5 Å². The van der Waals surface area contributed by atoms with Gasteiger partial charge in [-0.05, 0) is 31.0 Å². The molecule has 2 aromatic rings. The van der Waals surface area contributed by atoms with Crippen LogP contribution < -0.4 is 25.0 Å². The molecule has 0 aromatic heterocycles. The Hall–Kier alpha value is -3.55. The molecule has 31 heavy (non-hydrogen) atoms. The Kier molecular flexibility index (Phi) is 6.06. The third-order valence-electron chi connectivity index (χ3n) is 5.47. The number of rotatable bonds is 7. The van der Waals surface area contributed by atoms with Gasteiger partial charge in [-0.1, -0.05) is 30.3 Å². The number of benzene rings is 2. The van der Waals surface area contributed by atoms with Crippen LogP contribution in [0.25, 0.3) is 0 Å². The summed E-state index contributed by atoms with van der Waals surface area (Å²) in [6, 6.07) is 14.4. The maximum atomic E-state index is 12.7. The smallest absolute Gasteiger partial charge is 0.242 e. The van der Waals surface area contributed by atoms with Gasteiger partial charge in [0.2, 0.25) is 24.5 Å². The van der Waals surface area contributed by atoms with Gasteiger partial charge in [0.15, 0.2) is 11.5 Å². The van der Waals surface area contributed by atoms with Crippen molar-refractivity contribution in [2.24, 2.45) is 5.92 Å². The Balaban J connectivity index is 1.27. The molecule has 2 aromatic carbocycles. The quantitative estimate of drug-likeness (QED) is 0.706. The van der Waals surface area contributed by atoms with Crippen LogP contribution in [-0.2, 0) is 20.8 Å². The molecular weight excluding hydrogens is 398 g/mol. The van der Waals surface area contributed by atoms with E-state index in [1.807, 2.05) is 30.3 Å². The van der Waals surface area contributed by atoms with Crippen molar-refractivity contribution in [3.63, 3.8) is 0 Å². The highest BCUT2D eigenvalue weighted by Crippen LogP contribution is 2.37. The lowest BCUT2D eigenvalue weighted by Crippen LogP contribution is -2.47. The van der Waals surface area contributed by atoms with Crippen molar-refractivity contribution >= 4 is 23.4 Å². The van der Waals surface area contributed by atoms with E-state index in [-0.39, 0.29) is 37.5 Å². The van der Waals surface area contributed by atoms with Gasteiger partial charge < -0.3 is 25.0 Å². The minimum Gasteiger partial charge on any atom is -0.454 e. The Morgan fingerprint density at radius 1 is 1.13 bits per heavy atom. The van der Waals surface area contributed by atoms with Crippen LogP contribution in [0.1, 0.15) is 18.9 Å². The van der Waals surface area contributed by atoms with E-state index in [9.17, 15) is 14.4 Å². The lowest BCUT2D eigenvalue weighted by atomic mass is 10.1. The van der Waals surface area contributed by atoms with Gasteiger partial charge >= 0.3 is 0 Å². The van der Waals surface area contributed by atoms with Gasteiger partial charge in [-0.15, -0.1) is 0 Å². The fourth-order valence-corrected chi connectivity index (χ4v) is 3.71. The van der Waals surface area contributed by atoms with Crippen molar-refractivity contribution in [1.29, 1.82) is 0 Å². The van der Waals surface area contributed by atoms with Gasteiger partial charge in [0.05, 0.1) is 5.92 Å². The molecule has 2 aliphatic rings. The van der Waals surface area contributed by atoms with E-state index >= 15 is 0 Å². The lowest BCUT2D eigenvalue weighted by molar-refractivity contribution is -0.130. The standard InChI is InChI=1S/C23H25N3O5/c1-15(22(28)24-10-9-16-5-3-2-4-6-16)25-23(29)17-11-21(27)26(13-17)18-7-8-19-20(12-18)31-14-30-19/h2-8,12,15,17H,9-11,13-14H2,1H3,(H,24,28)(H,25,29)/t15-,17?/m1/s1. The van der Waals surface area contributed by atoms with Crippen LogP contribution in [0.2, 0.25) is 0 Å². The molecular formula is C23H25N3O5. The molecule has 2 N–H and O–H groups in total. The first-order chi connectivity index (χ1) is 15.0. The molecule has 0 aliphatic carbocycles. The van der Waals surface area contributed by atoms with Crippen molar-refractivity contribution in [2.45, 2.75) is 25.8 Å². The van der Waals surface area contributed by atoms with E-state index in [1.165, 1.54) is 0 Å². The second-order valence-electron chi connectivity index (χ2n) is 7.70. The molecule has 4 rings (SSSR count). The zero-order valence-corrected chi connectivity index (χ0v) is 17.3. The maximum absolute atomic E-state index is 12.7. The van der Waals surface area contributed by atoms with Gasteiger partial charge in [0.25, 0.3) is 0 Å². The summed E-state index contributed by atoms with van der Waals surface area (Å²) in [5, 5.41) is 5.57. The molecule has 1 unspecified atom stereocenters. The summed E-state index contributed by atoms with van der Waals surface area (Å²) in [4.78, 5) is 39.0. The second kappa shape index (κ2) is 9.07. The second-order valence-corrected chi connectivity index (χ2v) is 7.70. The third-order valence-corrected chi connectivity index (χ3v) is 5.47. The number of amides is 3. The normalized spacial score (nSPS) is 18.0. The maximum Gasteiger partial charge on any atom is 0.242 e. The SMILES string of the molecule is C[C@@H](NC(=O)C1CC(=O)N(c2ccc3c(c2)OCO3)C1)C(=O)NCCc1ccccc1. The van der Waals surface area contributed by atoms with E-state index in [0.717, 1.165) is 12.0 Å². The summed E-state index contributed by atoms with van der Waals surface area (Å²) in [6.45, 7) is 2.54. The molecule has 3 amide bonds. The molecule has 2 atom stereocenters. The van der Waals surface area contributed by atoms with Gasteiger partial charge in [-0.25, -0.2) is 0 Å². The molecule has 2 aliphatic heterocycles. The summed E-state index contributed by atoms with van der Waals surface area (Å²) in [5.74, 6) is 0.01000. The highest BCUT2D eigenvalue weighted by molar-refractivity contribution is 6.01. The zero-order chi connectivity index (χ0) is 21.8. The van der Waals surface area contributed by atoms with E-state index in [4.69, 9.17) is 9.47 Å². The zero-order valence-electron chi connectivity index (χ0n) is 17.3. The van der Waals surface area contributed by atoms with E-state index < -0.39 is 12.0 Å². The monoisotopic (exact) mass is 423 g/mol. The Morgan fingerprint density at radius 3 is 2.71 bits per heavy atom. The van der Waals surface area contributed by atoms with Crippen LogP contribution in [0.5, 0.6) is 11.5 Å². The first kappa shape index (κ1) is 20.7. The number of carbonyl (C=O) groups excluding carboxylic acids is 3. The van der Waals surface area contributed by atoms with Gasteiger partial charge in [0.1, 0.15) is 6.04 Å². The first-order valence-corrected chi connectivity index (χ1v) is 10.3. The van der Waals surface area contributed by atoms with Gasteiger partial charge in [0, 0.05) is 31.3 Å². The largest absolute Gasteiger partial charge is 0.454 e. The van der Waals surface area contributed by atoms with E-state index in [1.54, 1.807) is 30.0 Å². The Morgan fingerprint density at radius 2 is 1.90 bits per heavy atom. The molecule has 0 radical (unpaired) electrons. The van der Waals surface area contributed by atoms with Crippen molar-refractivity contribution in [3.8, 4) is 11.5 Å². The highest BCUT2D eigenvalue weighted by atomic mass is 16.7. The molecule has 8 heteroatoms. The van der Waals surface area contributed by atoms with E-state index in [0.29, 0.717) is 23.7 Å². The number of hydrogen-bond donors (Lipinski definition) is 2. The Bertz CT molecular complexity index is 978. The Labute approximate surface area is 180 Å². The number of fused-ring (bicyclic) bond motifs is 1. The fraction of sp³-hybridized carbons (Fsp3) is 0.348. The molecule has 0 bridgehead atoms. The summed E-state index contributed by atoms with van der Waals surface area (Å²) >= 11 is 0. The molecule has 0 saturated carbocycles. The van der Waals surface area contributed by atoms with Crippen LogP contribution in [0, 0.1) is 5.92 Å². The molecule has 8 nitrogen and oxygen atoms in total. The highest BCUT2D eigenvalue weighted by Gasteiger charge is 2.36. The minimum atomic E-state index is -0.682. The number of ether oxygens (including phenoxy) is 2. The summed E-state index contributed by atoms with van der Waals surface area (Å²) in [6.07, 6.45) is 0.817. The number of nitrogens with one attached hydrogen (secondary N) is 2. The molecule has 1 saturated heterocycles. The molecule has 2 heterocycles. The number of carbonyl (C=O) groups is 3. The lowest BCUT2D eigenvalue weighted by Gasteiger charge is -2.18. The summed E-state index contributed by atoms with van der Waals surface area (Å²) in [5.41, 5.74) is 1.80. The topological polar surface area (TPSA) is 97.0 Å². The molecule has 162 valence electrons. The molecule has 1 fully saturated rings. The van der Waals surface area contributed by atoms with Crippen molar-refractivity contribution in [1.82, 2.24) is 10.6 Å². The predicted octanol–water partition coefficient (Wildman–Crippen LogP) is 1.63. The number of nitrogens with zero attached hydrogens (tertiary/aromatic N) is 1. The van der Waals surface area contributed by atoms with Crippen LogP contribution >= 0.6 is 0 Å². The van der Waals surface area contributed by atoms with Crippen LogP contribution in [0.4, 0.5) is 5.69 Å². The van der Waals surface area contributed by atoms with Gasteiger partial charge in [-0.3, -0.25) is 14.4 Å². The van der Waals surface area contributed by atoms with Crippen molar-refractivity contribution in [3.05, 3.63) is 54.1 Å². The third kappa shape index (κ3) is 4.79. The minimum absolute atomic E-state index is 0.0998. The summed E-state index contributed by atoms with van der Waals surface area (Å²) in [7, 11) is 0. The number of hydrogen-bond acceptors (Lipinski definition) is 5. The van der Waals surface area contributed by atoms with Crippen molar-refractivity contribution < 1.29 is 23.9 Å². The average molecular weight is 423 g/mol. The predicted molar refractivity (Wildman–Crippen MR) is 114 cm³/mol. The molecule has 0 spiro atoms. The first-order valence-electron chi connectivity index (χ1n) is 10.3. The average Bonchev–Trinajstić information content (AvgIpc) is 3.40. The van der Waals surface area contributed by atoms with E-state index in [2.05, 4.69) is 10.6 Å². The van der Waals surface area contributed by atoms with Crippen LogP contribution in [-0.4, -0.2) is 43.6 Å². The fourth-order valence-electron chi connectivity index (χ4n) is 3.71. The van der Waals surface area contributed by atoms with Crippen LogP contribution in [0.3, 0.4) is 0 Å². The van der Waals surface area contributed by atoms with Crippen molar-refractivity contribution in [2.75, 3.05) is 24.8 Å².